The molecule has 200 valence electrons. The number of hydrogen-bond acceptors (Lipinski definition) is 7. The molecule has 0 radical (unpaired) electrons. The molecule has 2 aromatic rings. The summed E-state index contributed by atoms with van der Waals surface area (Å²) in [6.07, 6.45) is 6.50. The van der Waals surface area contributed by atoms with Crippen LogP contribution in [-0.2, 0) is 26.2 Å². The molecule has 1 saturated heterocycles. The van der Waals surface area contributed by atoms with Crippen LogP contribution in [-0.4, -0.2) is 57.9 Å². The number of ether oxygens (including phenoxy) is 1. The van der Waals surface area contributed by atoms with Gasteiger partial charge in [-0.3, -0.25) is 4.55 Å². The van der Waals surface area contributed by atoms with Gasteiger partial charge < -0.3 is 14.7 Å². The van der Waals surface area contributed by atoms with Crippen LogP contribution in [0.15, 0.2) is 51.4 Å². The highest BCUT2D eigenvalue weighted by Crippen LogP contribution is 2.40. The molecule has 2 aliphatic rings. The number of aromatic nitrogens is 1. The summed E-state index contributed by atoms with van der Waals surface area (Å²) in [6, 6.07) is 5.50. The van der Waals surface area contributed by atoms with Gasteiger partial charge in [-0.15, -0.1) is 0 Å². The Morgan fingerprint density at radius 1 is 1.35 bits per heavy atom. The molecular weight excluding hydrogens is 629 g/mol. The van der Waals surface area contributed by atoms with Crippen LogP contribution in [0, 0.1) is 0 Å². The molecule has 4 rings (SSSR count). The minimum Gasteiger partial charge on any atom is -0.477 e. The molecule has 0 saturated carbocycles. The first-order chi connectivity index (χ1) is 17.5. The highest BCUT2D eigenvalue weighted by molar-refractivity contribution is 9.10. The summed E-state index contributed by atoms with van der Waals surface area (Å²) in [4.78, 5) is 13.6. The molecule has 2 atom stereocenters. The molecule has 2 N–H and O–H groups in total. The van der Waals surface area contributed by atoms with Crippen LogP contribution in [0.5, 0.6) is 0 Å². The predicted octanol–water partition coefficient (Wildman–Crippen LogP) is 4.92. The van der Waals surface area contributed by atoms with E-state index in [-0.39, 0.29) is 30.0 Å². The van der Waals surface area contributed by atoms with Crippen molar-refractivity contribution < 1.29 is 32.2 Å². The highest BCUT2D eigenvalue weighted by atomic mass is 79.9. The fourth-order valence-corrected chi connectivity index (χ4v) is 6.85. The average molecular weight is 654 g/mol. The first-order valence-corrected chi connectivity index (χ1v) is 15.4. The number of fused-ring (bicyclic) bond motifs is 2. The van der Waals surface area contributed by atoms with Gasteiger partial charge in [-0.2, -0.15) is 13.0 Å². The largest absolute Gasteiger partial charge is 0.477 e. The lowest BCUT2D eigenvalue weighted by Gasteiger charge is -2.24. The Balaban J connectivity index is 1.69. The van der Waals surface area contributed by atoms with Gasteiger partial charge in [0.15, 0.2) is 5.22 Å². The van der Waals surface area contributed by atoms with E-state index in [2.05, 4.69) is 15.9 Å². The molecule has 0 aliphatic carbocycles. The van der Waals surface area contributed by atoms with Gasteiger partial charge >= 0.3 is 5.97 Å². The van der Waals surface area contributed by atoms with E-state index in [1.165, 1.54) is 15.8 Å². The number of allylic oxidation sites excluding steroid dienone is 2. The van der Waals surface area contributed by atoms with Crippen molar-refractivity contribution in [2.45, 2.75) is 45.0 Å². The van der Waals surface area contributed by atoms with E-state index < -0.39 is 22.3 Å². The highest BCUT2D eigenvalue weighted by Gasteiger charge is 2.46. The molecule has 2 unspecified atom stereocenters. The fraction of sp³-hybridized carbons (Fsp3) is 0.391. The zero-order valence-electron chi connectivity index (χ0n) is 19.7. The second-order valence-corrected chi connectivity index (χ2v) is 12.9. The van der Waals surface area contributed by atoms with Crippen LogP contribution in [0.25, 0.3) is 16.3 Å². The summed E-state index contributed by atoms with van der Waals surface area (Å²) < 4.78 is 42.0. The molecule has 1 aromatic carbocycles. The maximum Gasteiger partial charge on any atom is 0.370 e. The Morgan fingerprint density at radius 3 is 2.78 bits per heavy atom. The number of halogens is 3. The summed E-state index contributed by atoms with van der Waals surface area (Å²) >= 11 is 17.7. The molecule has 2 aliphatic heterocycles. The lowest BCUT2D eigenvalue weighted by atomic mass is 10.1. The molecule has 37 heavy (non-hydrogen) atoms. The van der Waals surface area contributed by atoms with E-state index in [1.807, 2.05) is 42.2 Å². The van der Waals surface area contributed by atoms with Gasteiger partial charge in [-0.25, -0.2) is 9.21 Å². The first-order valence-electron chi connectivity index (χ1n) is 11.4. The third-order valence-electron chi connectivity index (χ3n) is 5.99. The Kier molecular flexibility index (Phi) is 8.76. The normalized spacial score (nSPS) is 21.1. The van der Waals surface area contributed by atoms with Crippen molar-refractivity contribution in [1.82, 2.24) is 9.32 Å². The lowest BCUT2D eigenvalue weighted by molar-refractivity contribution is -0.657. The Hall–Kier alpha value is -1.83. The first kappa shape index (κ1) is 28.2. The van der Waals surface area contributed by atoms with Crippen LogP contribution in [0.2, 0.25) is 0 Å². The number of carboxylic acids is 1. The van der Waals surface area contributed by atoms with Crippen molar-refractivity contribution in [2.75, 3.05) is 12.3 Å². The van der Waals surface area contributed by atoms with Crippen LogP contribution in [0.4, 0.5) is 0 Å². The third-order valence-corrected chi connectivity index (χ3v) is 8.98. The van der Waals surface area contributed by atoms with Crippen molar-refractivity contribution in [3.05, 3.63) is 56.4 Å². The number of benzene rings is 1. The van der Waals surface area contributed by atoms with Gasteiger partial charge in [0.2, 0.25) is 18.3 Å². The summed E-state index contributed by atoms with van der Waals surface area (Å²) in [6.45, 7) is 2.27. The quantitative estimate of drug-likeness (QED) is 0.161. The molecule has 0 amide bonds. The summed E-state index contributed by atoms with van der Waals surface area (Å²) in [7, 11) is -4.04. The second-order valence-electron chi connectivity index (χ2n) is 8.58. The number of carbonyl (C=O) groups is 1. The molecule has 0 bridgehead atoms. The molecule has 14 heteroatoms. The predicted molar refractivity (Wildman–Crippen MR) is 146 cm³/mol. The van der Waals surface area contributed by atoms with E-state index in [0.717, 1.165) is 25.3 Å². The van der Waals surface area contributed by atoms with Crippen molar-refractivity contribution in [2.24, 2.45) is 0 Å². The summed E-state index contributed by atoms with van der Waals surface area (Å²) in [5.41, 5.74) is 1.72. The third kappa shape index (κ3) is 6.61. The SMILES string of the molecule is CCC(=Cc1sc2ccc(Br)cc2[n+]1CC(=O)O)C=C1N(Cl)C2OC(Cl)=CC2N1CCCCS(=O)(=O)O. The Morgan fingerprint density at radius 2 is 2.11 bits per heavy atom. The maximum absolute atomic E-state index is 11.6. The van der Waals surface area contributed by atoms with Gasteiger partial charge in [0.1, 0.15) is 16.6 Å². The van der Waals surface area contributed by atoms with E-state index in [9.17, 15) is 18.3 Å². The van der Waals surface area contributed by atoms with Crippen molar-refractivity contribution in [3.63, 3.8) is 0 Å². The Labute approximate surface area is 237 Å². The number of thiazole rings is 1. The van der Waals surface area contributed by atoms with Gasteiger partial charge in [0, 0.05) is 34.9 Å². The average Bonchev–Trinajstić information content (AvgIpc) is 3.42. The topological polar surface area (TPSA) is 111 Å². The van der Waals surface area contributed by atoms with Crippen molar-refractivity contribution >= 4 is 83.0 Å². The second kappa shape index (κ2) is 11.5. The van der Waals surface area contributed by atoms with E-state index >= 15 is 0 Å². The van der Waals surface area contributed by atoms with Crippen LogP contribution in [0.1, 0.15) is 31.2 Å². The smallest absolute Gasteiger partial charge is 0.370 e. The molecule has 1 fully saturated rings. The number of carboxylic acid groups (broad SMARTS) is 1. The molecule has 1 aromatic heterocycles. The van der Waals surface area contributed by atoms with E-state index in [4.69, 9.17) is 32.7 Å². The van der Waals surface area contributed by atoms with Crippen LogP contribution < -0.4 is 4.57 Å². The molecular formula is C23H25BrCl2N3O6S2+. The maximum atomic E-state index is 11.6. The number of aliphatic carboxylic acids is 1. The van der Waals surface area contributed by atoms with Crippen molar-refractivity contribution in [1.29, 1.82) is 0 Å². The lowest BCUT2D eigenvalue weighted by Crippen LogP contribution is -2.39. The summed E-state index contributed by atoms with van der Waals surface area (Å²) in [5.74, 6) is -0.605. The van der Waals surface area contributed by atoms with Gasteiger partial charge in [0.25, 0.3) is 15.1 Å². The number of hydrogen-bond donors (Lipinski definition) is 2. The molecule has 3 heterocycles. The molecule has 0 spiro atoms. The number of rotatable bonds is 10. The fourth-order valence-electron chi connectivity index (χ4n) is 4.30. The zero-order valence-corrected chi connectivity index (χ0v) is 24.4. The monoisotopic (exact) mass is 652 g/mol. The van der Waals surface area contributed by atoms with Gasteiger partial charge in [-0.1, -0.05) is 34.2 Å². The Bertz CT molecular complexity index is 1410. The van der Waals surface area contributed by atoms with E-state index in [0.29, 0.717) is 25.2 Å². The summed E-state index contributed by atoms with van der Waals surface area (Å²) in [5, 5.41) is 10.5. The van der Waals surface area contributed by atoms with Crippen LogP contribution in [0.3, 0.4) is 0 Å². The van der Waals surface area contributed by atoms with Crippen molar-refractivity contribution in [3.8, 4) is 0 Å². The molecule has 9 nitrogen and oxygen atoms in total. The number of nitrogens with zero attached hydrogens (tertiary/aromatic N) is 3. The minimum atomic E-state index is -4.04. The zero-order chi connectivity index (χ0) is 26.9. The standard InChI is InChI=1S/C23H24BrCl2N3O6S2/c1-2-14(10-21-28(13-22(30)31)16-11-15(24)5-6-18(16)36-21)9-20-27(7-3-4-8-37(32,33)34)17-12-19(25)35-23(17)29(20)26/h5-6,9-12,17,23H,2-4,7-8,13H2,1H3,(H-,30,31,32,33,34)/p+1. The number of unbranched alkanes of at least 4 members (excludes halogenated alkanes) is 1. The minimum absolute atomic E-state index is 0.182. The van der Waals surface area contributed by atoms with E-state index in [1.54, 1.807) is 10.6 Å². The van der Waals surface area contributed by atoms with Gasteiger partial charge in [-0.05, 0) is 60.7 Å². The van der Waals surface area contributed by atoms with Crippen LogP contribution >= 0.6 is 50.6 Å². The van der Waals surface area contributed by atoms with Gasteiger partial charge in [0.05, 0.1) is 5.75 Å².